The van der Waals surface area contributed by atoms with E-state index in [4.69, 9.17) is 9.47 Å². The van der Waals surface area contributed by atoms with Crippen molar-refractivity contribution in [1.82, 2.24) is 4.90 Å². The topological polar surface area (TPSA) is 59.0 Å². The van der Waals surface area contributed by atoms with Crippen molar-refractivity contribution in [3.8, 4) is 5.75 Å². The third-order valence-electron chi connectivity index (χ3n) is 3.76. The van der Waals surface area contributed by atoms with Crippen LogP contribution in [-0.4, -0.2) is 48.9 Å². The standard InChI is InChI=1S/C16H23NO4/c1-3-8-21-13-6-4-12(5-7-13)9-17(2)15-11-20-10-14(15)16(18)19/h4-7,14-15H,3,8-11H2,1-2H3,(H,18,19). The summed E-state index contributed by atoms with van der Waals surface area (Å²) in [6, 6.07) is 7.89. The molecule has 0 aliphatic carbocycles. The van der Waals surface area contributed by atoms with Gasteiger partial charge in [0, 0.05) is 12.6 Å². The lowest BCUT2D eigenvalue weighted by molar-refractivity contribution is -0.143. The van der Waals surface area contributed by atoms with Gasteiger partial charge in [-0.05, 0) is 31.2 Å². The summed E-state index contributed by atoms with van der Waals surface area (Å²) >= 11 is 0. The van der Waals surface area contributed by atoms with Crippen molar-refractivity contribution in [2.45, 2.75) is 25.9 Å². The van der Waals surface area contributed by atoms with Crippen LogP contribution in [-0.2, 0) is 16.1 Å². The quantitative estimate of drug-likeness (QED) is 0.833. The summed E-state index contributed by atoms with van der Waals surface area (Å²) in [7, 11) is 1.94. The van der Waals surface area contributed by atoms with E-state index in [1.165, 1.54) is 0 Å². The molecule has 1 aromatic carbocycles. The van der Waals surface area contributed by atoms with Crippen molar-refractivity contribution in [1.29, 1.82) is 0 Å². The number of aliphatic carboxylic acids is 1. The minimum atomic E-state index is -0.785. The molecule has 1 aliphatic heterocycles. The van der Waals surface area contributed by atoms with Crippen LogP contribution in [0, 0.1) is 5.92 Å². The second-order valence-electron chi connectivity index (χ2n) is 5.46. The first-order valence-electron chi connectivity index (χ1n) is 7.34. The molecule has 1 aromatic rings. The van der Waals surface area contributed by atoms with Crippen LogP contribution in [0.2, 0.25) is 0 Å². The highest BCUT2D eigenvalue weighted by Gasteiger charge is 2.36. The first-order chi connectivity index (χ1) is 10.1. The molecule has 1 saturated heterocycles. The molecule has 5 heteroatoms. The molecule has 1 N–H and O–H groups in total. The van der Waals surface area contributed by atoms with E-state index < -0.39 is 11.9 Å². The Hall–Kier alpha value is -1.59. The number of likely N-dealkylation sites (N-methyl/N-ethyl adjacent to an activating group) is 1. The van der Waals surface area contributed by atoms with E-state index in [0.29, 0.717) is 19.8 Å². The zero-order valence-corrected chi connectivity index (χ0v) is 12.6. The summed E-state index contributed by atoms with van der Waals surface area (Å²) in [5.74, 6) is -0.356. The van der Waals surface area contributed by atoms with Crippen LogP contribution in [0.3, 0.4) is 0 Å². The van der Waals surface area contributed by atoms with Gasteiger partial charge in [0.25, 0.3) is 0 Å². The number of ether oxygens (including phenoxy) is 2. The lowest BCUT2D eigenvalue weighted by Crippen LogP contribution is -2.40. The van der Waals surface area contributed by atoms with E-state index in [1.807, 2.05) is 36.2 Å². The molecule has 0 aromatic heterocycles. The molecule has 0 spiro atoms. The molecule has 0 amide bonds. The maximum atomic E-state index is 11.2. The molecule has 1 fully saturated rings. The van der Waals surface area contributed by atoms with Crippen molar-refractivity contribution in [2.75, 3.05) is 26.9 Å². The highest BCUT2D eigenvalue weighted by Crippen LogP contribution is 2.21. The summed E-state index contributed by atoms with van der Waals surface area (Å²) in [5, 5.41) is 9.19. The lowest BCUT2D eigenvalue weighted by atomic mass is 10.0. The first-order valence-corrected chi connectivity index (χ1v) is 7.34. The molecular weight excluding hydrogens is 270 g/mol. The fourth-order valence-corrected chi connectivity index (χ4v) is 2.53. The van der Waals surface area contributed by atoms with E-state index in [9.17, 15) is 9.90 Å². The summed E-state index contributed by atoms with van der Waals surface area (Å²) < 4.78 is 10.9. The maximum absolute atomic E-state index is 11.2. The van der Waals surface area contributed by atoms with Gasteiger partial charge in [-0.2, -0.15) is 0 Å². The van der Waals surface area contributed by atoms with Gasteiger partial charge in [0.05, 0.1) is 25.7 Å². The predicted octanol–water partition coefficient (Wildman–Crippen LogP) is 2.01. The summed E-state index contributed by atoms with van der Waals surface area (Å²) in [6.07, 6.45) is 0.989. The van der Waals surface area contributed by atoms with Crippen LogP contribution < -0.4 is 4.74 Å². The Morgan fingerprint density at radius 1 is 1.38 bits per heavy atom. The monoisotopic (exact) mass is 293 g/mol. The predicted molar refractivity (Wildman–Crippen MR) is 79.4 cm³/mol. The number of nitrogens with zero attached hydrogens (tertiary/aromatic N) is 1. The van der Waals surface area contributed by atoms with Gasteiger partial charge < -0.3 is 14.6 Å². The zero-order valence-electron chi connectivity index (χ0n) is 12.6. The van der Waals surface area contributed by atoms with Gasteiger partial charge in [-0.1, -0.05) is 19.1 Å². The third-order valence-corrected chi connectivity index (χ3v) is 3.76. The molecule has 116 valence electrons. The van der Waals surface area contributed by atoms with Gasteiger partial charge in [-0.3, -0.25) is 9.69 Å². The number of carboxylic acid groups (broad SMARTS) is 1. The number of hydrogen-bond donors (Lipinski definition) is 1. The van der Waals surface area contributed by atoms with Crippen LogP contribution >= 0.6 is 0 Å². The van der Waals surface area contributed by atoms with Crippen molar-refractivity contribution in [3.63, 3.8) is 0 Å². The van der Waals surface area contributed by atoms with Crippen LogP contribution in [0.1, 0.15) is 18.9 Å². The number of rotatable bonds is 7. The average Bonchev–Trinajstić information content (AvgIpc) is 2.96. The molecule has 1 aliphatic rings. The van der Waals surface area contributed by atoms with Crippen molar-refractivity contribution < 1.29 is 19.4 Å². The molecule has 0 bridgehead atoms. The van der Waals surface area contributed by atoms with Crippen molar-refractivity contribution >= 4 is 5.97 Å². The highest BCUT2D eigenvalue weighted by molar-refractivity contribution is 5.71. The van der Waals surface area contributed by atoms with Gasteiger partial charge in [0.15, 0.2) is 0 Å². The molecule has 21 heavy (non-hydrogen) atoms. The Balaban J connectivity index is 1.92. The van der Waals surface area contributed by atoms with Crippen LogP contribution in [0.15, 0.2) is 24.3 Å². The van der Waals surface area contributed by atoms with Crippen LogP contribution in [0.5, 0.6) is 5.75 Å². The Labute approximate surface area is 125 Å². The minimum Gasteiger partial charge on any atom is -0.494 e. The molecule has 1 heterocycles. The van der Waals surface area contributed by atoms with Crippen LogP contribution in [0.25, 0.3) is 0 Å². The molecule has 5 nitrogen and oxygen atoms in total. The fourth-order valence-electron chi connectivity index (χ4n) is 2.53. The Kier molecular flexibility index (Phi) is 5.59. The second kappa shape index (κ2) is 7.43. The SMILES string of the molecule is CCCOc1ccc(CN(C)C2COCC2C(=O)O)cc1. The van der Waals surface area contributed by atoms with E-state index >= 15 is 0 Å². The second-order valence-corrected chi connectivity index (χ2v) is 5.46. The fraction of sp³-hybridized carbons (Fsp3) is 0.562. The summed E-state index contributed by atoms with van der Waals surface area (Å²) in [4.78, 5) is 13.2. The van der Waals surface area contributed by atoms with Gasteiger partial charge in [0.1, 0.15) is 5.75 Å². The van der Waals surface area contributed by atoms with Gasteiger partial charge in [-0.25, -0.2) is 0 Å². The van der Waals surface area contributed by atoms with E-state index in [1.54, 1.807) is 0 Å². The first kappa shape index (κ1) is 15.8. The number of carboxylic acids is 1. The molecule has 2 unspecified atom stereocenters. The smallest absolute Gasteiger partial charge is 0.310 e. The number of carbonyl (C=O) groups is 1. The van der Waals surface area contributed by atoms with Crippen molar-refractivity contribution in [3.05, 3.63) is 29.8 Å². The molecular formula is C16H23NO4. The molecule has 0 radical (unpaired) electrons. The largest absolute Gasteiger partial charge is 0.494 e. The normalized spacial score (nSPS) is 21.7. The average molecular weight is 293 g/mol. The Morgan fingerprint density at radius 3 is 2.71 bits per heavy atom. The molecule has 0 saturated carbocycles. The van der Waals surface area contributed by atoms with Gasteiger partial charge >= 0.3 is 5.97 Å². The Morgan fingerprint density at radius 2 is 2.10 bits per heavy atom. The van der Waals surface area contributed by atoms with Gasteiger partial charge in [0.2, 0.25) is 0 Å². The van der Waals surface area contributed by atoms with Crippen molar-refractivity contribution in [2.24, 2.45) is 5.92 Å². The third kappa shape index (κ3) is 4.19. The number of benzene rings is 1. The zero-order chi connectivity index (χ0) is 15.2. The van der Waals surface area contributed by atoms with Crippen LogP contribution in [0.4, 0.5) is 0 Å². The summed E-state index contributed by atoms with van der Waals surface area (Å²) in [5.41, 5.74) is 1.14. The van der Waals surface area contributed by atoms with E-state index in [-0.39, 0.29) is 6.04 Å². The van der Waals surface area contributed by atoms with Gasteiger partial charge in [-0.15, -0.1) is 0 Å². The minimum absolute atomic E-state index is 0.0708. The lowest BCUT2D eigenvalue weighted by Gasteiger charge is -2.26. The van der Waals surface area contributed by atoms with E-state index in [2.05, 4.69) is 6.92 Å². The van der Waals surface area contributed by atoms with E-state index in [0.717, 1.165) is 24.3 Å². The highest BCUT2D eigenvalue weighted by atomic mass is 16.5. The summed E-state index contributed by atoms with van der Waals surface area (Å²) in [6.45, 7) is 4.27. The number of hydrogen-bond acceptors (Lipinski definition) is 4. The maximum Gasteiger partial charge on any atom is 0.310 e. The molecule has 2 rings (SSSR count). The molecule has 2 atom stereocenters. The Bertz CT molecular complexity index is 460.